The first kappa shape index (κ1) is 27.3. The second-order valence-corrected chi connectivity index (χ2v) is 13.5. The van der Waals surface area contributed by atoms with E-state index in [1.807, 2.05) is 6.07 Å². The molecule has 0 atom stereocenters. The molecule has 0 saturated heterocycles. The summed E-state index contributed by atoms with van der Waals surface area (Å²) < 4.78 is 27.0. The minimum absolute atomic E-state index is 0.0693. The molecule has 0 fully saturated rings. The zero-order valence-electron chi connectivity index (χ0n) is 22.8. The lowest BCUT2D eigenvalue weighted by Gasteiger charge is -2.26. The average Bonchev–Trinajstić information content (AvgIpc) is 3.28. The average molecular weight is 532 g/mol. The Bertz CT molecular complexity index is 1590. The van der Waals surface area contributed by atoms with Crippen molar-refractivity contribution in [1.29, 1.82) is 0 Å². The van der Waals surface area contributed by atoms with Crippen LogP contribution in [0.2, 0.25) is 0 Å². The van der Waals surface area contributed by atoms with E-state index in [-0.39, 0.29) is 21.4 Å². The molecule has 1 N–H and O–H groups in total. The van der Waals surface area contributed by atoms with Crippen LogP contribution in [0.3, 0.4) is 0 Å². The van der Waals surface area contributed by atoms with Crippen LogP contribution in [0.1, 0.15) is 63.0 Å². The number of rotatable bonds is 5. The summed E-state index contributed by atoms with van der Waals surface area (Å²) in [7, 11) is -3.65. The monoisotopic (exact) mass is 531 g/mol. The zero-order valence-corrected chi connectivity index (χ0v) is 23.6. The van der Waals surface area contributed by atoms with Gasteiger partial charge in [-0.1, -0.05) is 59.7 Å². The first-order valence-corrected chi connectivity index (χ1v) is 14.2. The second-order valence-electron chi connectivity index (χ2n) is 11.6. The minimum Gasteiger partial charge on any atom is -0.478 e. The van der Waals surface area contributed by atoms with E-state index < -0.39 is 15.8 Å². The summed E-state index contributed by atoms with van der Waals surface area (Å²) in [5, 5.41) is 14.1. The number of carboxylic acids is 1. The van der Waals surface area contributed by atoms with Gasteiger partial charge in [-0.15, -0.1) is 0 Å². The molecular weight excluding hydrogens is 498 g/mol. The number of nitrogens with zero attached hydrogens (tertiary/aromatic N) is 3. The third kappa shape index (κ3) is 5.55. The van der Waals surface area contributed by atoms with Crippen LogP contribution in [-0.2, 0) is 20.7 Å². The van der Waals surface area contributed by atoms with Crippen LogP contribution < -0.4 is 0 Å². The highest BCUT2D eigenvalue weighted by atomic mass is 32.2. The van der Waals surface area contributed by atoms with Gasteiger partial charge in [-0.3, -0.25) is 0 Å². The van der Waals surface area contributed by atoms with Gasteiger partial charge in [-0.25, -0.2) is 22.9 Å². The standard InChI is InChI=1S/C30H33N3O4S/c1-29(2,3)22-15-21(16-23(17-22)30(4,5)6)26-18-24(19-10-12-20(13-11-19)28(34)35)32-33(26)25-9-8-14-31-27(25)38(7,36)37/h8-18H,1-7H3,(H,34,35). The molecule has 0 saturated carbocycles. The summed E-state index contributed by atoms with van der Waals surface area (Å²) in [6.45, 7) is 13.0. The van der Waals surface area contributed by atoms with Gasteiger partial charge in [0.25, 0.3) is 0 Å². The third-order valence-electron chi connectivity index (χ3n) is 6.43. The maximum Gasteiger partial charge on any atom is 0.335 e. The van der Waals surface area contributed by atoms with Gasteiger partial charge in [0.15, 0.2) is 14.9 Å². The van der Waals surface area contributed by atoms with Gasteiger partial charge in [0.2, 0.25) is 0 Å². The van der Waals surface area contributed by atoms with Gasteiger partial charge in [-0.2, -0.15) is 5.10 Å². The minimum atomic E-state index is -3.65. The SMILES string of the molecule is CC(C)(C)c1cc(-c2cc(-c3ccc(C(=O)O)cc3)nn2-c2cccnc2S(C)(=O)=O)cc(C(C)(C)C)c1. The smallest absolute Gasteiger partial charge is 0.335 e. The van der Waals surface area contributed by atoms with Crippen LogP contribution >= 0.6 is 0 Å². The van der Waals surface area contributed by atoms with Gasteiger partial charge in [0.05, 0.1) is 17.0 Å². The van der Waals surface area contributed by atoms with Crippen LogP contribution in [0.15, 0.2) is 71.9 Å². The largest absolute Gasteiger partial charge is 0.478 e. The summed E-state index contributed by atoms with van der Waals surface area (Å²) in [4.78, 5) is 15.5. The number of benzene rings is 2. The lowest BCUT2D eigenvalue weighted by Crippen LogP contribution is -2.17. The van der Waals surface area contributed by atoms with Gasteiger partial charge in [0.1, 0.15) is 5.69 Å². The summed E-state index contributed by atoms with van der Waals surface area (Å²) >= 11 is 0. The van der Waals surface area contributed by atoms with Gasteiger partial charge >= 0.3 is 5.97 Å². The quantitative estimate of drug-likeness (QED) is 0.324. The fourth-order valence-electron chi connectivity index (χ4n) is 4.17. The van der Waals surface area contributed by atoms with E-state index in [9.17, 15) is 18.3 Å². The maximum atomic E-state index is 12.7. The Labute approximate surface area is 224 Å². The van der Waals surface area contributed by atoms with Crippen LogP contribution in [-0.4, -0.2) is 40.5 Å². The Morgan fingerprint density at radius 3 is 1.92 bits per heavy atom. The molecule has 4 rings (SSSR count). The topological polar surface area (TPSA) is 102 Å². The molecule has 198 valence electrons. The Kier molecular flexibility index (Phi) is 6.82. The third-order valence-corrected chi connectivity index (χ3v) is 7.45. The van der Waals surface area contributed by atoms with Crippen molar-refractivity contribution in [1.82, 2.24) is 14.8 Å². The van der Waals surface area contributed by atoms with Crippen molar-refractivity contribution in [3.63, 3.8) is 0 Å². The molecule has 38 heavy (non-hydrogen) atoms. The van der Waals surface area contributed by atoms with Gasteiger partial charge in [0, 0.05) is 23.6 Å². The number of aromatic nitrogens is 3. The summed E-state index contributed by atoms with van der Waals surface area (Å²) in [6, 6.07) is 18.2. The number of hydrogen-bond donors (Lipinski definition) is 1. The molecule has 0 spiro atoms. The first-order chi connectivity index (χ1) is 17.6. The number of carbonyl (C=O) groups is 1. The molecule has 2 aromatic carbocycles. The molecule has 0 aliphatic heterocycles. The Morgan fingerprint density at radius 2 is 1.42 bits per heavy atom. The molecule has 0 radical (unpaired) electrons. The molecule has 0 aliphatic carbocycles. The van der Waals surface area contributed by atoms with E-state index >= 15 is 0 Å². The van der Waals surface area contributed by atoms with Crippen molar-refractivity contribution >= 4 is 15.8 Å². The van der Waals surface area contributed by atoms with E-state index in [0.717, 1.165) is 22.9 Å². The van der Waals surface area contributed by atoms with Gasteiger partial charge in [-0.05, 0) is 64.4 Å². The van der Waals surface area contributed by atoms with Crippen molar-refractivity contribution in [2.45, 2.75) is 57.4 Å². The van der Waals surface area contributed by atoms with Gasteiger partial charge < -0.3 is 5.11 Å². The molecule has 0 aliphatic rings. The highest BCUT2D eigenvalue weighted by Gasteiger charge is 2.25. The molecule has 0 bridgehead atoms. The van der Waals surface area contributed by atoms with Crippen molar-refractivity contribution in [2.75, 3.05) is 6.26 Å². The van der Waals surface area contributed by atoms with E-state index in [4.69, 9.17) is 5.10 Å². The molecule has 2 aromatic heterocycles. The fraction of sp³-hybridized carbons (Fsp3) is 0.300. The number of hydrogen-bond acceptors (Lipinski definition) is 5. The predicted molar refractivity (Wildman–Crippen MR) is 150 cm³/mol. The number of aromatic carboxylic acids is 1. The zero-order chi connectivity index (χ0) is 28.0. The summed E-state index contributed by atoms with van der Waals surface area (Å²) in [6.07, 6.45) is 2.58. The normalized spacial score (nSPS) is 12.5. The lowest BCUT2D eigenvalue weighted by molar-refractivity contribution is 0.0697. The van der Waals surface area contributed by atoms with Crippen molar-refractivity contribution < 1.29 is 18.3 Å². The van der Waals surface area contributed by atoms with Crippen molar-refractivity contribution in [3.05, 3.63) is 83.6 Å². The first-order valence-electron chi connectivity index (χ1n) is 12.3. The number of pyridine rings is 1. The molecular formula is C30H33N3O4S. The van der Waals surface area contributed by atoms with Crippen molar-refractivity contribution in [3.8, 4) is 28.2 Å². The van der Waals surface area contributed by atoms with Crippen LogP contribution in [0.25, 0.3) is 28.2 Å². The Morgan fingerprint density at radius 1 is 0.842 bits per heavy atom. The van der Waals surface area contributed by atoms with E-state index in [0.29, 0.717) is 22.6 Å². The predicted octanol–water partition coefficient (Wildman–Crippen LogP) is 6.30. The molecule has 0 amide bonds. The number of carboxylic acid groups (broad SMARTS) is 1. The fourth-order valence-corrected chi connectivity index (χ4v) is 4.95. The van der Waals surface area contributed by atoms with E-state index in [1.165, 1.54) is 18.3 Å². The molecule has 0 unspecified atom stereocenters. The number of sulfone groups is 1. The highest BCUT2D eigenvalue weighted by molar-refractivity contribution is 7.90. The molecule has 4 aromatic rings. The van der Waals surface area contributed by atoms with Crippen molar-refractivity contribution in [2.24, 2.45) is 0 Å². The highest BCUT2D eigenvalue weighted by Crippen LogP contribution is 2.36. The molecule has 8 heteroatoms. The van der Waals surface area contributed by atoms with Crippen LogP contribution in [0.5, 0.6) is 0 Å². The van der Waals surface area contributed by atoms with E-state index in [1.54, 1.807) is 28.9 Å². The molecule has 7 nitrogen and oxygen atoms in total. The Balaban J connectivity index is 2.05. The second kappa shape index (κ2) is 9.51. The summed E-state index contributed by atoms with van der Waals surface area (Å²) in [5.41, 5.74) is 5.46. The lowest BCUT2D eigenvalue weighted by atomic mass is 9.79. The summed E-state index contributed by atoms with van der Waals surface area (Å²) in [5.74, 6) is -1.01. The van der Waals surface area contributed by atoms with E-state index in [2.05, 4.69) is 64.7 Å². The Hall–Kier alpha value is -3.78. The van der Waals surface area contributed by atoms with Crippen LogP contribution in [0, 0.1) is 0 Å². The van der Waals surface area contributed by atoms with Crippen LogP contribution in [0.4, 0.5) is 0 Å². The molecule has 2 heterocycles. The maximum absolute atomic E-state index is 12.7.